The van der Waals surface area contributed by atoms with E-state index < -0.39 is 6.10 Å². The van der Waals surface area contributed by atoms with E-state index in [1.807, 2.05) is 0 Å². The zero-order valence-electron chi connectivity index (χ0n) is 15.3. The number of epoxide rings is 1. The molecule has 4 atom stereocenters. The molecule has 0 bridgehead atoms. The molecule has 0 aromatic rings. The summed E-state index contributed by atoms with van der Waals surface area (Å²) in [5.41, 5.74) is -0.589. The van der Waals surface area contributed by atoms with E-state index in [1.54, 1.807) is 7.11 Å². The van der Waals surface area contributed by atoms with Crippen LogP contribution in [0, 0.1) is 11.8 Å². The number of hydrogen-bond donors (Lipinski definition) is 1. The highest BCUT2D eigenvalue weighted by molar-refractivity contribution is 6.40. The lowest BCUT2D eigenvalue weighted by atomic mass is 9.42. The molecule has 1 N–H and O–H groups in total. The predicted molar refractivity (Wildman–Crippen MR) is 92.9 cm³/mol. The molecule has 2 aliphatic rings. The Morgan fingerprint density at radius 3 is 2.41 bits per heavy atom. The SMILES string of the molecule is BC1(B)C[C@]2(CO2)[C@@H](C(C)(C)OCCC(C)C)[C@H](OC)[C@@H]1O. The first-order valence-corrected chi connectivity index (χ1v) is 8.54. The average molecular weight is 310 g/mol. The van der Waals surface area contributed by atoms with Crippen molar-refractivity contribution in [3.63, 3.8) is 0 Å². The molecule has 1 spiro atoms. The summed E-state index contributed by atoms with van der Waals surface area (Å²) in [5.74, 6) is 0.663. The maximum Gasteiger partial charge on any atom is 0.103 e. The summed E-state index contributed by atoms with van der Waals surface area (Å²) < 4.78 is 17.9. The molecule has 0 aromatic heterocycles. The van der Waals surface area contributed by atoms with Crippen LogP contribution < -0.4 is 0 Å². The topological polar surface area (TPSA) is 51.2 Å². The number of rotatable bonds is 6. The fourth-order valence-electron chi connectivity index (χ4n) is 4.23. The van der Waals surface area contributed by atoms with Gasteiger partial charge in [0.25, 0.3) is 0 Å². The molecule has 22 heavy (non-hydrogen) atoms. The van der Waals surface area contributed by atoms with Gasteiger partial charge in [-0.2, -0.15) is 0 Å². The summed E-state index contributed by atoms with van der Waals surface area (Å²) in [6.45, 7) is 10.1. The highest BCUT2D eigenvalue weighted by atomic mass is 16.6. The minimum absolute atomic E-state index is 0.0418. The van der Waals surface area contributed by atoms with Gasteiger partial charge in [-0.25, -0.2) is 0 Å². The first-order chi connectivity index (χ1) is 10.1. The molecule has 1 aliphatic heterocycles. The van der Waals surface area contributed by atoms with Crippen LogP contribution in [0.3, 0.4) is 0 Å². The standard InChI is InChI=1S/C16H32B2O4/c1-10(2)6-7-21-14(3,4)12-11(20-5)13(19)16(17,18)8-15(12)9-22-15/h10-13,19H,6-9,17-18H2,1-5H3/t11-,12+,13-,15-/m0/s1. The lowest BCUT2D eigenvalue weighted by Crippen LogP contribution is -2.62. The summed E-state index contributed by atoms with van der Waals surface area (Å²) in [4.78, 5) is 0. The molecule has 1 saturated heterocycles. The van der Waals surface area contributed by atoms with Crippen molar-refractivity contribution in [1.29, 1.82) is 0 Å². The molecule has 0 radical (unpaired) electrons. The van der Waals surface area contributed by atoms with Gasteiger partial charge in [0.05, 0.1) is 30.0 Å². The smallest absolute Gasteiger partial charge is 0.103 e. The van der Waals surface area contributed by atoms with E-state index in [1.165, 1.54) is 0 Å². The fraction of sp³-hybridized carbons (Fsp3) is 1.00. The molecular weight excluding hydrogens is 278 g/mol. The van der Waals surface area contributed by atoms with Crippen LogP contribution in [0.1, 0.15) is 40.5 Å². The van der Waals surface area contributed by atoms with Crippen LogP contribution in [-0.2, 0) is 14.2 Å². The maximum atomic E-state index is 10.8. The second-order valence-corrected chi connectivity index (χ2v) is 8.78. The van der Waals surface area contributed by atoms with E-state index in [4.69, 9.17) is 14.2 Å². The molecule has 0 amide bonds. The number of ether oxygens (including phenoxy) is 3. The molecular formula is C16H32B2O4. The summed E-state index contributed by atoms with van der Waals surface area (Å²) in [7, 11) is 5.87. The van der Waals surface area contributed by atoms with Crippen molar-refractivity contribution in [2.75, 3.05) is 20.3 Å². The third kappa shape index (κ3) is 3.40. The Balaban J connectivity index is 2.19. The molecule has 2 rings (SSSR count). The van der Waals surface area contributed by atoms with E-state index in [0.29, 0.717) is 5.92 Å². The van der Waals surface area contributed by atoms with Gasteiger partial charge in [-0.15, -0.1) is 0 Å². The molecule has 1 saturated carbocycles. The molecule has 0 unspecified atom stereocenters. The highest BCUT2D eigenvalue weighted by Gasteiger charge is 2.67. The summed E-state index contributed by atoms with van der Waals surface area (Å²) >= 11 is 0. The van der Waals surface area contributed by atoms with Crippen molar-refractivity contribution in [1.82, 2.24) is 0 Å². The third-order valence-corrected chi connectivity index (χ3v) is 5.47. The van der Waals surface area contributed by atoms with Gasteiger partial charge < -0.3 is 19.3 Å². The number of hydrogen-bond acceptors (Lipinski definition) is 4. The van der Waals surface area contributed by atoms with Crippen LogP contribution in [0.25, 0.3) is 0 Å². The Morgan fingerprint density at radius 1 is 1.36 bits per heavy atom. The zero-order valence-corrected chi connectivity index (χ0v) is 15.3. The van der Waals surface area contributed by atoms with Crippen molar-refractivity contribution < 1.29 is 19.3 Å². The van der Waals surface area contributed by atoms with Gasteiger partial charge in [-0.1, -0.05) is 19.1 Å². The summed E-state index contributed by atoms with van der Waals surface area (Å²) in [6, 6.07) is 0. The molecule has 2 fully saturated rings. The monoisotopic (exact) mass is 310 g/mol. The molecule has 126 valence electrons. The van der Waals surface area contributed by atoms with Gasteiger partial charge in [-0.3, -0.25) is 0 Å². The van der Waals surface area contributed by atoms with Gasteiger partial charge in [0, 0.05) is 19.6 Å². The lowest BCUT2D eigenvalue weighted by Gasteiger charge is -2.52. The number of aliphatic hydroxyl groups excluding tert-OH is 1. The second kappa shape index (κ2) is 6.12. The second-order valence-electron chi connectivity index (χ2n) is 8.78. The van der Waals surface area contributed by atoms with Crippen molar-refractivity contribution in [3.8, 4) is 0 Å². The van der Waals surface area contributed by atoms with Gasteiger partial charge in [0.1, 0.15) is 15.7 Å². The molecule has 6 heteroatoms. The molecule has 1 aliphatic carbocycles. The Hall–Kier alpha value is -0.0301. The average Bonchev–Trinajstić information content (AvgIpc) is 3.11. The van der Waals surface area contributed by atoms with Crippen LogP contribution in [0.5, 0.6) is 0 Å². The van der Waals surface area contributed by atoms with Crippen LogP contribution in [0.15, 0.2) is 0 Å². The largest absolute Gasteiger partial charge is 0.391 e. The van der Waals surface area contributed by atoms with Crippen molar-refractivity contribution in [2.24, 2.45) is 11.8 Å². The van der Waals surface area contributed by atoms with Crippen molar-refractivity contribution >= 4 is 15.7 Å². The molecule has 4 nitrogen and oxygen atoms in total. The highest BCUT2D eigenvalue weighted by Crippen LogP contribution is 2.58. The number of aliphatic hydroxyl groups is 1. The summed E-state index contributed by atoms with van der Waals surface area (Å²) in [5, 5.41) is 10.6. The van der Waals surface area contributed by atoms with E-state index in [9.17, 15) is 5.11 Å². The van der Waals surface area contributed by atoms with Crippen molar-refractivity contribution in [3.05, 3.63) is 0 Å². The van der Waals surface area contributed by atoms with Gasteiger partial charge in [0.2, 0.25) is 0 Å². The summed E-state index contributed by atoms with van der Waals surface area (Å²) in [6.07, 6.45) is 1.11. The first kappa shape index (κ1) is 18.3. The normalized spacial score (nSPS) is 37.7. The zero-order chi connectivity index (χ0) is 16.8. The van der Waals surface area contributed by atoms with Crippen LogP contribution in [0.2, 0.25) is 5.21 Å². The Bertz CT molecular complexity index is 394. The van der Waals surface area contributed by atoms with Crippen LogP contribution in [0.4, 0.5) is 0 Å². The minimum atomic E-state index is -0.509. The van der Waals surface area contributed by atoms with Gasteiger partial charge >= 0.3 is 0 Å². The van der Waals surface area contributed by atoms with Crippen molar-refractivity contribution in [2.45, 2.75) is 69.2 Å². The van der Waals surface area contributed by atoms with Crippen LogP contribution in [-0.4, -0.2) is 64.5 Å². The fourth-order valence-corrected chi connectivity index (χ4v) is 4.23. The maximum absolute atomic E-state index is 10.8. The first-order valence-electron chi connectivity index (χ1n) is 8.54. The van der Waals surface area contributed by atoms with Crippen LogP contribution >= 0.6 is 0 Å². The third-order valence-electron chi connectivity index (χ3n) is 5.47. The Morgan fingerprint density at radius 2 is 1.95 bits per heavy atom. The van der Waals surface area contributed by atoms with E-state index >= 15 is 0 Å². The minimum Gasteiger partial charge on any atom is -0.391 e. The van der Waals surface area contributed by atoms with E-state index in [-0.39, 0.29) is 28.4 Å². The molecule has 0 aromatic carbocycles. The van der Waals surface area contributed by atoms with E-state index in [0.717, 1.165) is 26.1 Å². The molecule has 1 heterocycles. The van der Waals surface area contributed by atoms with Gasteiger partial charge in [0.15, 0.2) is 0 Å². The Kier molecular flexibility index (Phi) is 5.09. The Labute approximate surface area is 137 Å². The number of methoxy groups -OCH3 is 1. The van der Waals surface area contributed by atoms with Gasteiger partial charge in [-0.05, 0) is 32.6 Å². The van der Waals surface area contributed by atoms with E-state index in [2.05, 4.69) is 43.4 Å². The predicted octanol–water partition coefficient (Wildman–Crippen LogP) is 0.375. The quantitative estimate of drug-likeness (QED) is 0.569. The lowest BCUT2D eigenvalue weighted by molar-refractivity contribution is -0.180.